The summed E-state index contributed by atoms with van der Waals surface area (Å²) in [7, 11) is 4.29. The Hall–Kier alpha value is -3.20. The molecule has 2 aromatic rings. The maximum atomic E-state index is 13.7. The lowest BCUT2D eigenvalue weighted by Crippen LogP contribution is -2.52. The van der Waals surface area contributed by atoms with E-state index in [0.29, 0.717) is 34.8 Å². The molecule has 1 fully saturated rings. The molecule has 0 unspecified atom stereocenters. The lowest BCUT2D eigenvalue weighted by molar-refractivity contribution is -0.862. The maximum Gasteiger partial charge on any atom is 0.263 e. The fourth-order valence-corrected chi connectivity index (χ4v) is 5.81. The van der Waals surface area contributed by atoms with E-state index in [0.717, 1.165) is 18.4 Å². The zero-order valence-electron chi connectivity index (χ0n) is 21.3. The molecule has 1 aromatic carbocycles. The molecule has 0 radical (unpaired) electrons. The number of carbonyl (C=O) groups is 1. The Bertz CT molecular complexity index is 1420. The number of rotatable bonds is 6. The second kappa shape index (κ2) is 8.44. The van der Waals surface area contributed by atoms with Crippen molar-refractivity contribution in [1.29, 1.82) is 0 Å². The minimum absolute atomic E-state index is 0.0799. The normalized spacial score (nSPS) is 20.4. The van der Waals surface area contributed by atoms with E-state index in [1.54, 1.807) is 27.9 Å². The average Bonchev–Trinajstić information content (AvgIpc) is 3.16. The topological polar surface area (TPSA) is 99.9 Å². The summed E-state index contributed by atoms with van der Waals surface area (Å²) < 4.78 is 31.3. The summed E-state index contributed by atoms with van der Waals surface area (Å²) in [5.74, 6) is 6.82. The van der Waals surface area contributed by atoms with Gasteiger partial charge in [-0.3, -0.25) is 19.3 Å². The monoisotopic (exact) mass is 510 g/mol. The smallest absolute Gasteiger partial charge is 0.263 e. The number of quaternary nitrogens is 1. The van der Waals surface area contributed by atoms with Crippen LogP contribution in [0.25, 0.3) is 0 Å². The molecule has 1 N–H and O–H groups in total. The largest absolute Gasteiger partial charge is 0.321 e. The van der Waals surface area contributed by atoms with E-state index in [9.17, 15) is 13.2 Å². The van der Waals surface area contributed by atoms with Gasteiger partial charge in [0, 0.05) is 24.3 Å². The van der Waals surface area contributed by atoms with Crippen molar-refractivity contribution < 1.29 is 17.7 Å². The molecule has 3 aliphatic rings. The quantitative estimate of drug-likeness (QED) is 0.465. The van der Waals surface area contributed by atoms with Gasteiger partial charge in [0.15, 0.2) is 0 Å². The second-order valence-electron chi connectivity index (χ2n) is 11.1. The summed E-state index contributed by atoms with van der Waals surface area (Å²) in [6, 6.07) is 4.49. The molecule has 1 atom stereocenters. The molecule has 11 heteroatoms. The van der Waals surface area contributed by atoms with Gasteiger partial charge in [0.1, 0.15) is 12.6 Å². The number of guanidine groups is 1. The Morgan fingerprint density at radius 1 is 1.25 bits per heavy atom. The minimum Gasteiger partial charge on any atom is -0.321 e. The number of aryl methyl sites for hydroxylation is 1. The van der Waals surface area contributed by atoms with Crippen LogP contribution in [0.5, 0.6) is 0 Å². The Labute approximate surface area is 212 Å². The van der Waals surface area contributed by atoms with E-state index in [2.05, 4.69) is 42.8 Å². The molecule has 190 valence electrons. The van der Waals surface area contributed by atoms with Gasteiger partial charge < -0.3 is 4.48 Å². The van der Waals surface area contributed by atoms with Gasteiger partial charge in [-0.05, 0) is 43.9 Å². The highest BCUT2D eigenvalue weighted by Gasteiger charge is 2.44. The molecule has 1 amide bonds. The standard InChI is InChI=1S/C25H32N7O3S/c1-25(10-11-25)28-36(34,35)20-8-9-22-21(13-20)23(33)30(17-18-14-27-29(2)16-18)24-26-15-19(31(22)24)7-6-12-32(3,4)5/h8-9,13-14,16,19,28H,10-12,15,17H2,1-5H3/q+1/t19-/m1/s1. The fourth-order valence-electron chi connectivity index (χ4n) is 4.32. The lowest BCUT2D eigenvalue weighted by Gasteiger charge is -2.37. The van der Waals surface area contributed by atoms with Crippen LogP contribution in [0, 0.1) is 11.8 Å². The van der Waals surface area contributed by atoms with Gasteiger partial charge in [-0.1, -0.05) is 5.92 Å². The van der Waals surface area contributed by atoms with Crippen molar-refractivity contribution in [2.45, 2.75) is 42.8 Å². The molecular formula is C25H32N7O3S+. The third-order valence-corrected chi connectivity index (χ3v) is 8.13. The minimum atomic E-state index is -3.76. The van der Waals surface area contributed by atoms with E-state index in [1.807, 2.05) is 25.1 Å². The van der Waals surface area contributed by atoms with Gasteiger partial charge in [0.2, 0.25) is 16.0 Å². The molecular weight excluding hydrogens is 478 g/mol. The van der Waals surface area contributed by atoms with E-state index in [1.165, 1.54) is 6.07 Å². The first kappa shape index (κ1) is 24.5. The fraction of sp³-hybridized carbons (Fsp3) is 0.480. The van der Waals surface area contributed by atoms with Crippen molar-refractivity contribution in [3.05, 3.63) is 41.7 Å². The SMILES string of the molecule is Cn1cc(CN2C(=O)c3cc(S(=O)(=O)NC4(C)CC4)ccc3N3C2=NC[C@H]3C#CC[N+](C)(C)C)cn1. The van der Waals surface area contributed by atoms with Crippen LogP contribution in [0.15, 0.2) is 40.5 Å². The number of amides is 1. The molecule has 3 heterocycles. The third kappa shape index (κ3) is 4.76. The molecule has 1 aliphatic carbocycles. The Kier molecular flexibility index (Phi) is 5.74. The van der Waals surface area contributed by atoms with Crippen molar-refractivity contribution in [1.82, 2.24) is 19.4 Å². The van der Waals surface area contributed by atoms with Gasteiger partial charge in [-0.2, -0.15) is 5.10 Å². The Balaban J connectivity index is 1.54. The highest BCUT2D eigenvalue weighted by Crippen LogP contribution is 2.38. The summed E-state index contributed by atoms with van der Waals surface area (Å²) in [4.78, 5) is 22.1. The summed E-state index contributed by atoms with van der Waals surface area (Å²) in [6.45, 7) is 3.26. The summed E-state index contributed by atoms with van der Waals surface area (Å²) in [6.07, 6.45) is 5.16. The first-order valence-electron chi connectivity index (χ1n) is 12.0. The van der Waals surface area contributed by atoms with Gasteiger partial charge in [0.25, 0.3) is 5.91 Å². The van der Waals surface area contributed by atoms with Crippen LogP contribution < -0.4 is 9.62 Å². The predicted octanol–water partition coefficient (Wildman–Crippen LogP) is 1.16. The molecule has 1 aromatic heterocycles. The summed E-state index contributed by atoms with van der Waals surface area (Å²) in [5, 5.41) is 4.22. The number of aliphatic imine (C=N–C) groups is 1. The van der Waals surface area contributed by atoms with Crippen LogP contribution in [0.4, 0.5) is 5.69 Å². The molecule has 1 saturated carbocycles. The van der Waals surface area contributed by atoms with Gasteiger partial charge in [-0.25, -0.2) is 18.1 Å². The zero-order chi connectivity index (χ0) is 25.9. The molecule has 0 bridgehead atoms. The first-order chi connectivity index (χ1) is 16.9. The summed E-state index contributed by atoms with van der Waals surface area (Å²) >= 11 is 0. The Morgan fingerprint density at radius 3 is 2.64 bits per heavy atom. The molecule has 10 nitrogen and oxygen atoms in total. The van der Waals surface area contributed by atoms with Crippen molar-refractivity contribution in [3.8, 4) is 11.8 Å². The number of aromatic nitrogens is 2. The van der Waals surface area contributed by atoms with Crippen molar-refractivity contribution >= 4 is 27.6 Å². The zero-order valence-corrected chi connectivity index (χ0v) is 22.1. The van der Waals surface area contributed by atoms with Crippen LogP contribution >= 0.6 is 0 Å². The molecule has 0 spiro atoms. The van der Waals surface area contributed by atoms with Crippen molar-refractivity contribution in [2.24, 2.45) is 12.0 Å². The number of nitrogens with zero attached hydrogens (tertiary/aromatic N) is 6. The van der Waals surface area contributed by atoms with Gasteiger partial charge in [-0.15, -0.1) is 0 Å². The van der Waals surface area contributed by atoms with Crippen molar-refractivity contribution in [2.75, 3.05) is 39.1 Å². The lowest BCUT2D eigenvalue weighted by atomic mass is 10.1. The van der Waals surface area contributed by atoms with E-state index in [4.69, 9.17) is 4.99 Å². The molecule has 2 aliphatic heterocycles. The first-order valence-corrected chi connectivity index (χ1v) is 13.4. The Morgan fingerprint density at radius 2 is 2.00 bits per heavy atom. The van der Waals surface area contributed by atoms with Crippen LogP contribution in [0.3, 0.4) is 0 Å². The number of sulfonamides is 1. The van der Waals surface area contributed by atoms with Crippen LogP contribution in [-0.2, 0) is 23.6 Å². The highest BCUT2D eigenvalue weighted by molar-refractivity contribution is 7.89. The molecule has 5 rings (SSSR count). The number of nitrogens with one attached hydrogen (secondary N) is 1. The highest BCUT2D eigenvalue weighted by atomic mass is 32.2. The van der Waals surface area contributed by atoms with Crippen LogP contribution in [0.2, 0.25) is 0 Å². The number of carbonyl (C=O) groups excluding carboxylic acids is 1. The van der Waals surface area contributed by atoms with Gasteiger partial charge >= 0.3 is 0 Å². The third-order valence-electron chi connectivity index (χ3n) is 6.49. The van der Waals surface area contributed by atoms with E-state index >= 15 is 0 Å². The van der Waals surface area contributed by atoms with Gasteiger partial charge in [0.05, 0.1) is 56.6 Å². The number of benzene rings is 1. The van der Waals surface area contributed by atoms with Crippen LogP contribution in [0.1, 0.15) is 35.7 Å². The summed E-state index contributed by atoms with van der Waals surface area (Å²) in [5.41, 5.74) is 1.39. The number of fused-ring (bicyclic) bond motifs is 3. The average molecular weight is 511 g/mol. The van der Waals surface area contributed by atoms with Crippen molar-refractivity contribution in [3.63, 3.8) is 0 Å². The van der Waals surface area contributed by atoms with E-state index in [-0.39, 0.29) is 23.4 Å². The molecule has 0 saturated heterocycles. The predicted molar refractivity (Wildman–Crippen MR) is 137 cm³/mol. The van der Waals surface area contributed by atoms with Crippen LogP contribution in [-0.4, -0.2) is 85.3 Å². The maximum absolute atomic E-state index is 13.7. The van der Waals surface area contributed by atoms with E-state index < -0.39 is 15.6 Å². The molecule has 36 heavy (non-hydrogen) atoms. The number of hydrogen-bond donors (Lipinski definition) is 1. The number of anilines is 1. The number of hydrogen-bond acceptors (Lipinski definition) is 6. The second-order valence-corrected chi connectivity index (χ2v) is 12.7.